The van der Waals surface area contributed by atoms with Crippen LogP contribution in [0.5, 0.6) is 5.88 Å². The molecule has 0 fully saturated rings. The molecule has 4 nitrogen and oxygen atoms in total. The molecule has 0 aliphatic carbocycles. The molecule has 1 heterocycles. The van der Waals surface area contributed by atoms with Gasteiger partial charge in [-0.25, -0.2) is 9.37 Å². The summed E-state index contributed by atoms with van der Waals surface area (Å²) in [6, 6.07) is 0.466. The number of pyridine rings is 1. The number of rotatable bonds is 3. The maximum atomic E-state index is 12.6. The van der Waals surface area contributed by atoms with E-state index < -0.39 is 36.0 Å². The number of nitrogens with zero attached hydrogens (tertiary/aromatic N) is 1. The minimum absolute atomic E-state index is 0. The molecular weight excluding hydrogens is 257 g/mol. The van der Waals surface area contributed by atoms with Crippen molar-refractivity contribution in [3.8, 4) is 5.88 Å². The van der Waals surface area contributed by atoms with Crippen LogP contribution in [0.2, 0.25) is 0 Å². The number of aromatic carboxylic acids is 1. The zero-order valence-corrected chi connectivity index (χ0v) is 10.5. The monoisotopic (exact) mass is 261 g/mol. The number of halogens is 4. The van der Waals surface area contributed by atoms with Crippen LogP contribution in [0.3, 0.4) is 0 Å². The largest absolute Gasteiger partial charge is 1.00 e. The Morgan fingerprint density at radius 1 is 1.47 bits per heavy atom. The molecule has 0 amide bonds. The first kappa shape index (κ1) is 16.1. The zero-order chi connectivity index (χ0) is 12.3. The molecule has 9 heteroatoms. The van der Waals surface area contributed by atoms with E-state index in [1.807, 2.05) is 0 Å². The fourth-order valence-electron chi connectivity index (χ4n) is 0.838. The Hall–Kier alpha value is -0.860. The van der Waals surface area contributed by atoms with E-state index in [0.29, 0.717) is 12.3 Å². The second-order valence-electron chi connectivity index (χ2n) is 2.70. The van der Waals surface area contributed by atoms with Crippen LogP contribution in [-0.4, -0.2) is 23.7 Å². The number of hydrogen-bond donors (Lipinski definition) is 0. The van der Waals surface area contributed by atoms with E-state index in [9.17, 15) is 27.5 Å². The fourth-order valence-corrected chi connectivity index (χ4v) is 0.838. The first-order valence-corrected chi connectivity index (χ1v) is 3.86. The van der Waals surface area contributed by atoms with Crippen molar-refractivity contribution in [1.82, 2.24) is 4.98 Å². The van der Waals surface area contributed by atoms with Gasteiger partial charge < -0.3 is 14.6 Å². The number of carboxylic acid groups (broad SMARTS) is 1. The molecule has 0 N–H and O–H groups in total. The summed E-state index contributed by atoms with van der Waals surface area (Å²) in [6.07, 6.45) is -4.10. The van der Waals surface area contributed by atoms with E-state index in [0.717, 1.165) is 0 Å². The molecule has 0 atom stereocenters. The molecule has 0 aliphatic rings. The third-order valence-corrected chi connectivity index (χ3v) is 1.41. The maximum absolute atomic E-state index is 12.6. The molecular formula is C8H4F4NNaO3. The van der Waals surface area contributed by atoms with Crippen LogP contribution in [0.25, 0.3) is 0 Å². The van der Waals surface area contributed by atoms with Gasteiger partial charge in [0.2, 0.25) is 5.88 Å². The zero-order valence-electron chi connectivity index (χ0n) is 8.55. The van der Waals surface area contributed by atoms with Crippen molar-refractivity contribution in [2.45, 2.75) is 6.18 Å². The van der Waals surface area contributed by atoms with Gasteiger partial charge in [-0.05, 0) is 6.07 Å². The molecule has 0 aromatic carbocycles. The molecule has 0 unspecified atom stereocenters. The van der Waals surface area contributed by atoms with Crippen LogP contribution in [0.4, 0.5) is 17.6 Å². The first-order chi connectivity index (χ1) is 7.29. The molecule has 0 saturated carbocycles. The number of aromatic nitrogens is 1. The number of carbonyl (C=O) groups is 1. The summed E-state index contributed by atoms with van der Waals surface area (Å²) >= 11 is 0. The van der Waals surface area contributed by atoms with E-state index >= 15 is 0 Å². The Morgan fingerprint density at radius 3 is 2.53 bits per heavy atom. The summed E-state index contributed by atoms with van der Waals surface area (Å²) in [7, 11) is 0. The molecule has 1 aromatic rings. The molecule has 0 spiro atoms. The summed E-state index contributed by atoms with van der Waals surface area (Å²) < 4.78 is 51.9. The predicted octanol–water partition coefficient (Wildman–Crippen LogP) is -2.47. The van der Waals surface area contributed by atoms with Gasteiger partial charge in [0.15, 0.2) is 6.61 Å². The smallest absolute Gasteiger partial charge is 0.545 e. The van der Waals surface area contributed by atoms with Crippen LogP contribution >= 0.6 is 0 Å². The molecule has 17 heavy (non-hydrogen) atoms. The Morgan fingerprint density at radius 2 is 2.06 bits per heavy atom. The van der Waals surface area contributed by atoms with Gasteiger partial charge in [0, 0.05) is 0 Å². The third kappa shape index (κ3) is 5.33. The number of carbonyl (C=O) groups excluding carboxylic acids is 1. The summed E-state index contributed by atoms with van der Waals surface area (Å²) in [6.45, 7) is -1.72. The van der Waals surface area contributed by atoms with E-state index in [1.165, 1.54) is 0 Å². The second kappa shape index (κ2) is 6.18. The quantitative estimate of drug-likeness (QED) is 0.447. The second-order valence-corrected chi connectivity index (χ2v) is 2.70. The molecule has 0 aliphatic heterocycles. The van der Waals surface area contributed by atoms with E-state index in [1.54, 1.807) is 0 Å². The van der Waals surface area contributed by atoms with Crippen LogP contribution in [0.15, 0.2) is 12.3 Å². The van der Waals surface area contributed by atoms with Gasteiger partial charge in [-0.15, -0.1) is 0 Å². The molecule has 0 radical (unpaired) electrons. The number of ether oxygens (including phenoxy) is 1. The van der Waals surface area contributed by atoms with Gasteiger partial charge in [-0.2, -0.15) is 13.2 Å². The fraction of sp³-hybridized carbons (Fsp3) is 0.250. The Kier molecular flexibility index (Phi) is 5.86. The van der Waals surface area contributed by atoms with Crippen LogP contribution < -0.4 is 39.4 Å². The average molecular weight is 261 g/mol. The van der Waals surface area contributed by atoms with Gasteiger partial charge in [0.1, 0.15) is 5.82 Å². The van der Waals surface area contributed by atoms with E-state index in [-0.39, 0.29) is 29.6 Å². The van der Waals surface area contributed by atoms with Gasteiger partial charge >= 0.3 is 35.7 Å². The van der Waals surface area contributed by atoms with Gasteiger partial charge in [0.25, 0.3) is 0 Å². The Balaban J connectivity index is 0.00000256. The summed E-state index contributed by atoms with van der Waals surface area (Å²) in [5, 5.41) is 10.4. The molecule has 88 valence electrons. The van der Waals surface area contributed by atoms with E-state index in [4.69, 9.17) is 0 Å². The van der Waals surface area contributed by atoms with Gasteiger partial charge in [-0.1, -0.05) is 0 Å². The standard InChI is InChI=1S/C8H5F4NO3.Na/c9-4-1-5(7(14)15)6(13-2-4)16-3-8(10,11)12;/h1-2H,3H2,(H,14,15);/q;+1/p-1. The van der Waals surface area contributed by atoms with Crippen molar-refractivity contribution >= 4 is 5.97 Å². The summed E-state index contributed by atoms with van der Waals surface area (Å²) in [5.41, 5.74) is -0.871. The Labute approximate surface area is 115 Å². The SMILES string of the molecule is O=C([O-])c1cc(F)cnc1OCC(F)(F)F.[Na+]. The maximum Gasteiger partial charge on any atom is 1.00 e. The number of alkyl halides is 3. The van der Waals surface area contributed by atoms with Crippen molar-refractivity contribution < 1.29 is 61.8 Å². The van der Waals surface area contributed by atoms with Crippen LogP contribution in [0.1, 0.15) is 10.4 Å². The van der Waals surface area contributed by atoms with Crippen molar-refractivity contribution in [3.63, 3.8) is 0 Å². The number of hydrogen-bond acceptors (Lipinski definition) is 4. The average Bonchev–Trinajstić information content (AvgIpc) is 2.14. The normalized spacial score (nSPS) is 10.6. The van der Waals surface area contributed by atoms with Crippen molar-refractivity contribution in [2.75, 3.05) is 6.61 Å². The van der Waals surface area contributed by atoms with Crippen molar-refractivity contribution in [3.05, 3.63) is 23.6 Å². The minimum Gasteiger partial charge on any atom is -0.545 e. The van der Waals surface area contributed by atoms with Gasteiger partial charge in [-0.3, -0.25) is 0 Å². The predicted molar refractivity (Wildman–Crippen MR) is 40.1 cm³/mol. The molecule has 1 aromatic heterocycles. The number of carboxylic acids is 1. The molecule has 0 bridgehead atoms. The summed E-state index contributed by atoms with van der Waals surface area (Å²) in [5.74, 6) is -3.72. The van der Waals surface area contributed by atoms with Crippen LogP contribution in [0, 0.1) is 5.82 Å². The van der Waals surface area contributed by atoms with E-state index in [2.05, 4.69) is 9.72 Å². The van der Waals surface area contributed by atoms with Crippen molar-refractivity contribution in [2.24, 2.45) is 0 Å². The van der Waals surface area contributed by atoms with Gasteiger partial charge in [0.05, 0.1) is 17.7 Å². The molecule has 0 saturated heterocycles. The first-order valence-electron chi connectivity index (χ1n) is 3.86. The van der Waals surface area contributed by atoms with Crippen LogP contribution in [-0.2, 0) is 0 Å². The minimum atomic E-state index is -4.64. The summed E-state index contributed by atoms with van der Waals surface area (Å²) in [4.78, 5) is 13.5. The van der Waals surface area contributed by atoms with Crippen molar-refractivity contribution in [1.29, 1.82) is 0 Å². The Bertz CT molecular complexity index is 410. The molecule has 1 rings (SSSR count). The third-order valence-electron chi connectivity index (χ3n) is 1.41. The topological polar surface area (TPSA) is 62.2 Å².